The summed E-state index contributed by atoms with van der Waals surface area (Å²) in [6.45, 7) is 2.40. The molecule has 0 spiro atoms. The number of fused-ring (bicyclic) bond motifs is 3. The second-order valence-electron chi connectivity index (χ2n) is 5.74. The summed E-state index contributed by atoms with van der Waals surface area (Å²) in [4.78, 5) is 2.53. The Kier molecular flexibility index (Phi) is 2.17. The van der Waals surface area contributed by atoms with Gasteiger partial charge < -0.3 is 9.47 Å². The van der Waals surface area contributed by atoms with Gasteiger partial charge in [0.2, 0.25) is 0 Å². The minimum atomic E-state index is 0.508. The number of piperidine rings is 1. The van der Waals surface area contributed by atoms with Crippen molar-refractivity contribution in [3.63, 3.8) is 0 Å². The lowest BCUT2D eigenvalue weighted by molar-refractivity contribution is 0.469. The van der Waals surface area contributed by atoms with Crippen molar-refractivity contribution in [3.05, 3.63) is 29.3 Å². The molecule has 3 aliphatic rings. The van der Waals surface area contributed by atoms with Gasteiger partial charge in [-0.05, 0) is 36.5 Å². The van der Waals surface area contributed by atoms with E-state index in [1.807, 2.05) is 0 Å². The molecule has 0 N–H and O–H groups in total. The van der Waals surface area contributed by atoms with Gasteiger partial charge in [-0.3, -0.25) is 0 Å². The Morgan fingerprint density at radius 2 is 2.11 bits per heavy atom. The van der Waals surface area contributed by atoms with Gasteiger partial charge in [0.15, 0.2) is 0 Å². The lowest BCUT2D eigenvalue weighted by Gasteiger charge is -2.41. The van der Waals surface area contributed by atoms with Gasteiger partial charge in [0.25, 0.3) is 0 Å². The fourth-order valence-corrected chi connectivity index (χ4v) is 3.87. The standard InChI is InChI=1S/C16H17N3/c1-18-14-3-2-11(4-7-17)10-13(14)15-12-5-8-19(9-6-12)16(15)18/h2-3,10,12H,4-6,8-9H2,1H3. The van der Waals surface area contributed by atoms with Gasteiger partial charge >= 0.3 is 0 Å². The monoisotopic (exact) mass is 251 g/mol. The van der Waals surface area contributed by atoms with Crippen LogP contribution in [0, 0.1) is 11.3 Å². The molecule has 96 valence electrons. The van der Waals surface area contributed by atoms with Gasteiger partial charge in [0, 0.05) is 36.6 Å². The molecule has 19 heavy (non-hydrogen) atoms. The molecule has 0 saturated carbocycles. The number of benzene rings is 1. The molecule has 0 atom stereocenters. The predicted molar refractivity (Wildman–Crippen MR) is 76.4 cm³/mol. The Labute approximate surface area is 113 Å². The van der Waals surface area contributed by atoms with Crippen molar-refractivity contribution >= 4 is 16.7 Å². The van der Waals surface area contributed by atoms with E-state index in [2.05, 4.69) is 40.8 Å². The van der Waals surface area contributed by atoms with Crippen molar-refractivity contribution in [3.8, 4) is 6.07 Å². The molecule has 0 amide bonds. The Morgan fingerprint density at radius 1 is 1.32 bits per heavy atom. The zero-order chi connectivity index (χ0) is 13.0. The summed E-state index contributed by atoms with van der Waals surface area (Å²) in [5.74, 6) is 2.15. The van der Waals surface area contributed by atoms with Crippen molar-refractivity contribution in [2.45, 2.75) is 25.2 Å². The molecule has 3 heteroatoms. The molecule has 1 saturated heterocycles. The third kappa shape index (κ3) is 1.37. The van der Waals surface area contributed by atoms with Crippen LogP contribution in [0.15, 0.2) is 18.2 Å². The van der Waals surface area contributed by atoms with E-state index in [1.54, 1.807) is 0 Å². The smallest absolute Gasteiger partial charge is 0.112 e. The lowest BCUT2D eigenvalue weighted by Crippen LogP contribution is -2.39. The van der Waals surface area contributed by atoms with Crippen LogP contribution in [-0.4, -0.2) is 17.7 Å². The van der Waals surface area contributed by atoms with E-state index in [9.17, 15) is 0 Å². The normalized spacial score (nSPS) is 17.8. The maximum absolute atomic E-state index is 8.88. The van der Waals surface area contributed by atoms with Gasteiger partial charge in [0.1, 0.15) is 5.82 Å². The van der Waals surface area contributed by atoms with Crippen LogP contribution in [0.25, 0.3) is 10.9 Å². The minimum Gasteiger partial charge on any atom is -0.358 e. The Bertz CT molecular complexity index is 697. The van der Waals surface area contributed by atoms with Gasteiger partial charge in [-0.15, -0.1) is 0 Å². The number of nitrogens with zero attached hydrogens (tertiary/aromatic N) is 3. The highest BCUT2D eigenvalue weighted by Gasteiger charge is 2.35. The van der Waals surface area contributed by atoms with Crippen LogP contribution in [-0.2, 0) is 13.5 Å². The summed E-state index contributed by atoms with van der Waals surface area (Å²) >= 11 is 0. The summed E-state index contributed by atoms with van der Waals surface area (Å²) in [5.41, 5.74) is 3.99. The van der Waals surface area contributed by atoms with E-state index < -0.39 is 0 Å². The number of aryl methyl sites for hydroxylation is 1. The summed E-state index contributed by atoms with van der Waals surface area (Å²) < 4.78 is 2.34. The molecular weight excluding hydrogens is 234 g/mol. The summed E-state index contributed by atoms with van der Waals surface area (Å²) in [6.07, 6.45) is 3.08. The summed E-state index contributed by atoms with van der Waals surface area (Å²) in [6, 6.07) is 8.76. The molecule has 4 heterocycles. The average molecular weight is 251 g/mol. The van der Waals surface area contributed by atoms with Crippen molar-refractivity contribution in [1.29, 1.82) is 5.26 Å². The Hall–Kier alpha value is -1.95. The van der Waals surface area contributed by atoms with E-state index in [0.29, 0.717) is 6.42 Å². The first kappa shape index (κ1) is 10.9. The maximum Gasteiger partial charge on any atom is 0.112 e. The second kappa shape index (κ2) is 3.77. The number of hydrogen-bond donors (Lipinski definition) is 0. The third-order valence-corrected chi connectivity index (χ3v) is 4.76. The van der Waals surface area contributed by atoms with E-state index in [1.165, 1.54) is 48.2 Å². The maximum atomic E-state index is 8.88. The van der Waals surface area contributed by atoms with E-state index in [4.69, 9.17) is 5.26 Å². The quantitative estimate of drug-likeness (QED) is 0.780. The second-order valence-corrected chi connectivity index (χ2v) is 5.74. The molecule has 3 nitrogen and oxygen atoms in total. The molecule has 2 aromatic rings. The zero-order valence-electron chi connectivity index (χ0n) is 11.2. The third-order valence-electron chi connectivity index (χ3n) is 4.76. The molecule has 0 unspecified atom stereocenters. The van der Waals surface area contributed by atoms with Crippen LogP contribution in [0.3, 0.4) is 0 Å². The van der Waals surface area contributed by atoms with Crippen molar-refractivity contribution in [2.24, 2.45) is 7.05 Å². The molecule has 1 aromatic carbocycles. The SMILES string of the molecule is Cn1c2c(c3cc(CC#N)ccc31)C1CCN2CC1. The zero-order valence-corrected chi connectivity index (χ0v) is 11.2. The topological polar surface area (TPSA) is 32.0 Å². The van der Waals surface area contributed by atoms with E-state index in [0.717, 1.165) is 11.5 Å². The van der Waals surface area contributed by atoms with Crippen LogP contribution >= 0.6 is 0 Å². The Balaban J connectivity index is 2.02. The molecule has 1 fully saturated rings. The highest BCUT2D eigenvalue weighted by molar-refractivity contribution is 5.92. The average Bonchev–Trinajstić information content (AvgIpc) is 2.76. The number of aromatic nitrogens is 1. The van der Waals surface area contributed by atoms with Crippen LogP contribution in [0.2, 0.25) is 0 Å². The predicted octanol–water partition coefficient (Wildman–Crippen LogP) is 2.94. The molecule has 5 rings (SSSR count). The van der Waals surface area contributed by atoms with Crippen molar-refractivity contribution < 1.29 is 0 Å². The van der Waals surface area contributed by atoms with Crippen LogP contribution in [0.1, 0.15) is 29.9 Å². The summed E-state index contributed by atoms with van der Waals surface area (Å²) in [5, 5.41) is 10.3. The first-order valence-electron chi connectivity index (χ1n) is 7.02. The molecular formula is C16H17N3. The number of nitriles is 1. The number of rotatable bonds is 1. The fraction of sp³-hybridized carbons (Fsp3) is 0.438. The summed E-state index contributed by atoms with van der Waals surface area (Å²) in [7, 11) is 2.17. The largest absolute Gasteiger partial charge is 0.358 e. The van der Waals surface area contributed by atoms with Gasteiger partial charge in [0.05, 0.1) is 12.5 Å². The highest BCUT2D eigenvalue weighted by atomic mass is 15.3. The molecule has 1 aromatic heterocycles. The van der Waals surface area contributed by atoms with Crippen molar-refractivity contribution in [2.75, 3.05) is 18.0 Å². The lowest BCUT2D eigenvalue weighted by atomic mass is 9.84. The first-order valence-corrected chi connectivity index (χ1v) is 7.02. The van der Waals surface area contributed by atoms with E-state index in [-0.39, 0.29) is 0 Å². The van der Waals surface area contributed by atoms with E-state index >= 15 is 0 Å². The Morgan fingerprint density at radius 3 is 2.84 bits per heavy atom. The minimum absolute atomic E-state index is 0.508. The van der Waals surface area contributed by atoms with Gasteiger partial charge in [-0.25, -0.2) is 0 Å². The van der Waals surface area contributed by atoms with Gasteiger partial charge in [-0.1, -0.05) is 6.07 Å². The fourth-order valence-electron chi connectivity index (χ4n) is 3.87. The first-order chi connectivity index (χ1) is 9.29. The molecule has 3 aliphatic heterocycles. The van der Waals surface area contributed by atoms with Crippen LogP contribution in [0.5, 0.6) is 0 Å². The van der Waals surface area contributed by atoms with Crippen molar-refractivity contribution in [1.82, 2.24) is 4.57 Å². The molecule has 2 bridgehead atoms. The molecule has 0 aliphatic carbocycles. The van der Waals surface area contributed by atoms with Crippen LogP contribution < -0.4 is 4.90 Å². The number of anilines is 1. The molecule has 0 radical (unpaired) electrons. The van der Waals surface area contributed by atoms with Gasteiger partial charge in [-0.2, -0.15) is 5.26 Å². The number of hydrogen-bond acceptors (Lipinski definition) is 2. The van der Waals surface area contributed by atoms with Crippen LogP contribution in [0.4, 0.5) is 5.82 Å². The highest BCUT2D eigenvalue weighted by Crippen LogP contribution is 2.47.